The topological polar surface area (TPSA) is 99.5 Å². The second-order valence-electron chi connectivity index (χ2n) is 7.91. The first-order chi connectivity index (χ1) is 14.1. The molecule has 29 heavy (non-hydrogen) atoms. The molecule has 2 aliphatic rings. The molecule has 9 heteroatoms. The van der Waals surface area contributed by atoms with Gasteiger partial charge in [0.1, 0.15) is 17.6 Å². The van der Waals surface area contributed by atoms with Crippen LogP contribution in [0.4, 0.5) is 0 Å². The van der Waals surface area contributed by atoms with Gasteiger partial charge < -0.3 is 14.4 Å². The number of benzene rings is 1. The van der Waals surface area contributed by atoms with Gasteiger partial charge in [-0.1, -0.05) is 17.3 Å². The average molecular weight is 392 g/mol. The fraction of sp³-hybridized carbons (Fsp3) is 0.400. The lowest BCUT2D eigenvalue weighted by atomic mass is 10.2. The summed E-state index contributed by atoms with van der Waals surface area (Å²) in [6.45, 7) is 1.24. The summed E-state index contributed by atoms with van der Waals surface area (Å²) in [6.07, 6.45) is 6.65. The van der Waals surface area contributed by atoms with Crippen LogP contribution in [0.5, 0.6) is 0 Å². The van der Waals surface area contributed by atoms with E-state index in [0.717, 1.165) is 30.5 Å². The predicted molar refractivity (Wildman–Crippen MR) is 104 cm³/mol. The van der Waals surface area contributed by atoms with Crippen LogP contribution >= 0.6 is 0 Å². The molecule has 1 saturated heterocycles. The van der Waals surface area contributed by atoms with Gasteiger partial charge in [-0.2, -0.15) is 4.68 Å². The van der Waals surface area contributed by atoms with Gasteiger partial charge in [-0.15, -0.1) is 5.10 Å². The number of hydrogen-bond donors (Lipinski definition) is 1. The Bertz CT molecular complexity index is 1290. The Morgan fingerprint density at radius 1 is 1.24 bits per heavy atom. The second-order valence-corrected chi connectivity index (χ2v) is 7.91. The number of fused-ring (bicyclic) bond motifs is 3. The summed E-state index contributed by atoms with van der Waals surface area (Å²) in [5.74, 6) is 0.407. The van der Waals surface area contributed by atoms with Crippen molar-refractivity contribution >= 4 is 16.6 Å². The van der Waals surface area contributed by atoms with Crippen LogP contribution in [0, 0.1) is 0 Å². The smallest absolute Gasteiger partial charge is 0.279 e. The van der Waals surface area contributed by atoms with Crippen molar-refractivity contribution in [2.45, 2.75) is 43.9 Å². The molecule has 0 bridgehead atoms. The highest BCUT2D eigenvalue weighted by Gasteiger charge is 2.45. The maximum Gasteiger partial charge on any atom is 0.279 e. The summed E-state index contributed by atoms with van der Waals surface area (Å²) in [7, 11) is 0. The third-order valence-corrected chi connectivity index (χ3v) is 5.95. The summed E-state index contributed by atoms with van der Waals surface area (Å²) in [4.78, 5) is 18.0. The van der Waals surface area contributed by atoms with E-state index in [9.17, 15) is 9.90 Å². The number of aliphatic hydroxyl groups is 1. The zero-order valence-corrected chi connectivity index (χ0v) is 15.7. The monoisotopic (exact) mass is 392 g/mol. The van der Waals surface area contributed by atoms with E-state index < -0.39 is 5.60 Å². The van der Waals surface area contributed by atoms with Crippen LogP contribution in [-0.2, 0) is 16.9 Å². The summed E-state index contributed by atoms with van der Waals surface area (Å²) in [5.41, 5.74) is 1.64. The maximum atomic E-state index is 13.5. The molecule has 148 valence electrons. The Morgan fingerprint density at radius 3 is 2.83 bits per heavy atom. The Morgan fingerprint density at radius 2 is 2.07 bits per heavy atom. The van der Waals surface area contributed by atoms with Crippen molar-refractivity contribution in [3.05, 3.63) is 52.8 Å². The van der Waals surface area contributed by atoms with Crippen molar-refractivity contribution in [2.24, 2.45) is 0 Å². The molecule has 2 fully saturated rings. The third-order valence-electron chi connectivity index (χ3n) is 5.95. The van der Waals surface area contributed by atoms with E-state index in [2.05, 4.69) is 15.3 Å². The number of imidazole rings is 1. The molecule has 0 amide bonds. The molecular weight excluding hydrogens is 372 g/mol. The molecule has 1 aliphatic carbocycles. The van der Waals surface area contributed by atoms with Crippen molar-refractivity contribution < 1.29 is 9.84 Å². The van der Waals surface area contributed by atoms with Crippen LogP contribution in [0.1, 0.15) is 31.4 Å². The van der Waals surface area contributed by atoms with Crippen molar-refractivity contribution in [3.63, 3.8) is 0 Å². The van der Waals surface area contributed by atoms with Gasteiger partial charge in [0.25, 0.3) is 5.56 Å². The molecule has 9 nitrogen and oxygen atoms in total. The van der Waals surface area contributed by atoms with Gasteiger partial charge in [0.05, 0.1) is 29.9 Å². The zero-order chi connectivity index (χ0) is 19.6. The first kappa shape index (κ1) is 16.9. The summed E-state index contributed by atoms with van der Waals surface area (Å²) in [6, 6.07) is 7.79. The molecule has 4 aromatic rings. The van der Waals surface area contributed by atoms with E-state index in [4.69, 9.17) is 4.74 Å². The molecule has 6 rings (SSSR count). The molecule has 1 aliphatic heterocycles. The van der Waals surface area contributed by atoms with E-state index in [0.29, 0.717) is 36.4 Å². The van der Waals surface area contributed by atoms with Gasteiger partial charge in [0, 0.05) is 6.61 Å². The Labute approximate surface area is 165 Å². The number of hydrogen-bond acceptors (Lipinski definition) is 6. The van der Waals surface area contributed by atoms with Gasteiger partial charge in [-0.3, -0.25) is 9.20 Å². The third kappa shape index (κ3) is 2.54. The average Bonchev–Trinajstić information content (AvgIpc) is 3.21. The highest BCUT2D eigenvalue weighted by molar-refractivity contribution is 5.80. The molecule has 1 unspecified atom stereocenters. The fourth-order valence-corrected chi connectivity index (χ4v) is 4.15. The van der Waals surface area contributed by atoms with Crippen molar-refractivity contribution in [2.75, 3.05) is 6.61 Å². The molecule has 1 atom stereocenters. The van der Waals surface area contributed by atoms with Crippen molar-refractivity contribution in [1.29, 1.82) is 0 Å². The molecule has 0 spiro atoms. The highest BCUT2D eigenvalue weighted by Crippen LogP contribution is 2.44. The van der Waals surface area contributed by atoms with Gasteiger partial charge in [0.15, 0.2) is 11.3 Å². The first-order valence-electron chi connectivity index (χ1n) is 9.90. The molecule has 0 radical (unpaired) electrons. The lowest BCUT2D eigenvalue weighted by molar-refractivity contribution is 0.0973. The summed E-state index contributed by atoms with van der Waals surface area (Å²) in [5, 5.41) is 18.5. The van der Waals surface area contributed by atoms with E-state index in [1.54, 1.807) is 21.5 Å². The minimum Gasteiger partial charge on any atom is -0.383 e. The van der Waals surface area contributed by atoms with Crippen LogP contribution in [0.15, 0.2) is 41.6 Å². The molecule has 1 saturated carbocycles. The Balaban J connectivity index is 1.57. The van der Waals surface area contributed by atoms with Crippen LogP contribution in [0.2, 0.25) is 0 Å². The molecule has 4 heterocycles. The van der Waals surface area contributed by atoms with Gasteiger partial charge in [0.2, 0.25) is 0 Å². The molecular formula is C20H20N6O3. The van der Waals surface area contributed by atoms with E-state index in [-0.39, 0.29) is 11.7 Å². The van der Waals surface area contributed by atoms with Crippen molar-refractivity contribution in [1.82, 2.24) is 28.9 Å². The van der Waals surface area contributed by atoms with Crippen LogP contribution in [0.25, 0.3) is 22.4 Å². The largest absolute Gasteiger partial charge is 0.383 e. The number of para-hydroxylation sites is 2. The standard InChI is InChI=1S/C20H20N6O3/c27-19-17-18(26-11-16(22-23-26)20(28)7-8-20)21-12-25(17)15-6-2-1-5-14(15)24(19)10-13-4-3-9-29-13/h1-2,5-6,11-13,28H,3-4,7-10H2. The van der Waals surface area contributed by atoms with Gasteiger partial charge in [-0.25, -0.2) is 4.98 Å². The SMILES string of the molecule is O=c1c2c(-n3cc(C4(O)CC4)nn3)ncn2c2ccccc2n1CC1CCCO1. The lowest BCUT2D eigenvalue weighted by Gasteiger charge is -2.16. The Kier molecular flexibility index (Phi) is 3.48. The molecule has 1 N–H and O–H groups in total. The van der Waals surface area contributed by atoms with E-state index in [1.165, 1.54) is 4.68 Å². The van der Waals surface area contributed by atoms with Crippen LogP contribution in [-0.4, -0.2) is 46.8 Å². The number of ether oxygens (including phenoxy) is 1. The predicted octanol–water partition coefficient (Wildman–Crippen LogP) is 1.39. The quantitative estimate of drug-likeness (QED) is 0.563. The van der Waals surface area contributed by atoms with Gasteiger partial charge >= 0.3 is 0 Å². The van der Waals surface area contributed by atoms with Crippen LogP contribution < -0.4 is 5.56 Å². The fourth-order valence-electron chi connectivity index (χ4n) is 4.15. The number of rotatable bonds is 4. The first-order valence-corrected chi connectivity index (χ1v) is 9.90. The second kappa shape index (κ2) is 5.98. The van der Waals surface area contributed by atoms with E-state index in [1.807, 2.05) is 24.3 Å². The van der Waals surface area contributed by atoms with Crippen molar-refractivity contribution in [3.8, 4) is 5.82 Å². The number of nitrogens with zero attached hydrogens (tertiary/aromatic N) is 6. The van der Waals surface area contributed by atoms with Crippen LogP contribution in [0.3, 0.4) is 0 Å². The molecule has 1 aromatic carbocycles. The van der Waals surface area contributed by atoms with E-state index >= 15 is 0 Å². The number of aromatic nitrogens is 6. The highest BCUT2D eigenvalue weighted by atomic mass is 16.5. The minimum absolute atomic E-state index is 0.0343. The minimum atomic E-state index is -0.888. The Hall–Kier alpha value is -3.04. The summed E-state index contributed by atoms with van der Waals surface area (Å²) >= 11 is 0. The lowest BCUT2D eigenvalue weighted by Crippen LogP contribution is -2.28. The van der Waals surface area contributed by atoms with Gasteiger partial charge in [-0.05, 0) is 37.8 Å². The normalized spacial score (nSPS) is 20.7. The maximum absolute atomic E-state index is 13.5. The zero-order valence-electron chi connectivity index (χ0n) is 15.7. The summed E-state index contributed by atoms with van der Waals surface area (Å²) < 4.78 is 10.8. The molecule has 3 aromatic heterocycles.